The fraction of sp³-hybridized carbons (Fsp3) is 0.273. The molecule has 0 saturated heterocycles. The number of hydrogen-bond donors (Lipinski definition) is 6. The number of benzene rings is 2. The average molecular weight is 427 g/mol. The number of nitrogens with one attached hydrogen (secondary N) is 3. The Morgan fingerprint density at radius 2 is 1.94 bits per heavy atom. The van der Waals surface area contributed by atoms with Crippen molar-refractivity contribution in [2.45, 2.75) is 19.2 Å². The molecule has 3 rings (SSSR count). The van der Waals surface area contributed by atoms with Crippen molar-refractivity contribution in [3.8, 4) is 11.1 Å². The second-order valence-electron chi connectivity index (χ2n) is 7.06. The maximum Gasteiger partial charge on any atom is 0.314 e. The molecule has 2 unspecified atom stereocenters. The molecule has 1 aromatic heterocycles. The first-order valence-electron chi connectivity index (χ1n) is 9.93. The summed E-state index contributed by atoms with van der Waals surface area (Å²) >= 11 is 0. The largest absolute Gasteiger partial charge is 0.395 e. The molecule has 8 nitrogen and oxygen atoms in total. The molecule has 0 bridgehead atoms. The Labute approximate surface area is 179 Å². The van der Waals surface area contributed by atoms with E-state index in [1.54, 1.807) is 31.2 Å². The molecule has 164 valence electrons. The van der Waals surface area contributed by atoms with Gasteiger partial charge in [0.15, 0.2) is 0 Å². The predicted octanol–water partition coefficient (Wildman–Crippen LogP) is 1.88. The zero-order valence-corrected chi connectivity index (χ0v) is 17.1. The molecular weight excluding hydrogens is 401 g/mol. The van der Waals surface area contributed by atoms with Gasteiger partial charge in [0.05, 0.1) is 12.6 Å². The molecule has 2 aromatic carbocycles. The number of aliphatic hydroxyl groups is 2. The molecule has 9 heteroatoms. The summed E-state index contributed by atoms with van der Waals surface area (Å²) in [6.45, 7) is 2.09. The molecule has 7 N–H and O–H groups in total. The zero-order valence-electron chi connectivity index (χ0n) is 17.1. The van der Waals surface area contributed by atoms with E-state index in [0.717, 1.165) is 5.56 Å². The molecule has 31 heavy (non-hydrogen) atoms. The van der Waals surface area contributed by atoms with Crippen LogP contribution in [0.4, 0.5) is 15.0 Å². The van der Waals surface area contributed by atoms with Crippen LogP contribution in [-0.4, -0.2) is 47.0 Å². The summed E-state index contributed by atoms with van der Waals surface area (Å²) in [6.07, 6.45) is 0.298. The SMILES string of the molecule is CCNC(=O)NCC(CO)NC(O)c1cnc(N)c2cc(-c3cccc(F)c3)ccc12. The summed E-state index contributed by atoms with van der Waals surface area (Å²) in [6, 6.07) is 10.7. The van der Waals surface area contributed by atoms with Crippen molar-refractivity contribution in [2.75, 3.05) is 25.4 Å². The van der Waals surface area contributed by atoms with Crippen LogP contribution in [0, 0.1) is 5.82 Å². The lowest BCUT2D eigenvalue weighted by Crippen LogP contribution is -2.47. The van der Waals surface area contributed by atoms with Gasteiger partial charge in [0, 0.05) is 30.2 Å². The summed E-state index contributed by atoms with van der Waals surface area (Å²) in [5, 5.41) is 29.7. The Kier molecular flexibility index (Phi) is 7.35. The van der Waals surface area contributed by atoms with Gasteiger partial charge in [0.25, 0.3) is 0 Å². The lowest BCUT2D eigenvalue weighted by Gasteiger charge is -2.22. The van der Waals surface area contributed by atoms with Crippen molar-refractivity contribution in [1.29, 1.82) is 0 Å². The third-order valence-corrected chi connectivity index (χ3v) is 4.86. The molecular formula is C22H26FN5O3. The lowest BCUT2D eigenvalue weighted by atomic mass is 9.99. The minimum atomic E-state index is -1.16. The molecule has 0 aliphatic rings. The number of hydrogen-bond acceptors (Lipinski definition) is 6. The van der Waals surface area contributed by atoms with Gasteiger partial charge in [-0.2, -0.15) is 0 Å². The topological polar surface area (TPSA) is 133 Å². The van der Waals surface area contributed by atoms with Gasteiger partial charge in [-0.25, -0.2) is 14.2 Å². The normalized spacial score (nSPS) is 13.0. The van der Waals surface area contributed by atoms with E-state index >= 15 is 0 Å². The zero-order chi connectivity index (χ0) is 22.4. The first-order valence-corrected chi connectivity index (χ1v) is 9.93. The van der Waals surface area contributed by atoms with Crippen LogP contribution >= 0.6 is 0 Å². The summed E-state index contributed by atoms with van der Waals surface area (Å²) in [5.74, 6) is -0.0610. The van der Waals surface area contributed by atoms with Crippen LogP contribution in [0.25, 0.3) is 21.9 Å². The van der Waals surface area contributed by atoms with Crippen molar-refractivity contribution in [3.63, 3.8) is 0 Å². The van der Waals surface area contributed by atoms with E-state index in [2.05, 4.69) is 20.9 Å². The molecule has 3 aromatic rings. The summed E-state index contributed by atoms with van der Waals surface area (Å²) in [5.41, 5.74) is 7.98. The van der Waals surface area contributed by atoms with E-state index in [0.29, 0.717) is 28.4 Å². The number of carbonyl (C=O) groups is 1. The first kappa shape index (κ1) is 22.4. The van der Waals surface area contributed by atoms with E-state index in [9.17, 15) is 19.4 Å². The Hall–Kier alpha value is -3.27. The molecule has 0 fully saturated rings. The van der Waals surface area contributed by atoms with E-state index in [1.165, 1.54) is 18.3 Å². The molecule has 0 aliphatic carbocycles. The number of pyridine rings is 1. The summed E-state index contributed by atoms with van der Waals surface area (Å²) in [7, 11) is 0. The van der Waals surface area contributed by atoms with Gasteiger partial charge in [-0.1, -0.05) is 24.3 Å². The second-order valence-corrected chi connectivity index (χ2v) is 7.06. The van der Waals surface area contributed by atoms with Gasteiger partial charge in [-0.15, -0.1) is 0 Å². The van der Waals surface area contributed by atoms with Crippen LogP contribution < -0.4 is 21.7 Å². The Morgan fingerprint density at radius 1 is 1.16 bits per heavy atom. The van der Waals surface area contributed by atoms with Gasteiger partial charge < -0.3 is 26.6 Å². The highest BCUT2D eigenvalue weighted by molar-refractivity contribution is 5.96. The van der Waals surface area contributed by atoms with Crippen molar-refractivity contribution in [1.82, 2.24) is 20.9 Å². The molecule has 0 saturated carbocycles. The number of nitrogen functional groups attached to an aromatic ring is 1. The first-order chi connectivity index (χ1) is 14.9. The summed E-state index contributed by atoms with van der Waals surface area (Å²) in [4.78, 5) is 15.7. The maximum atomic E-state index is 13.6. The van der Waals surface area contributed by atoms with E-state index in [4.69, 9.17) is 5.73 Å². The number of aliphatic hydroxyl groups excluding tert-OH is 2. The third kappa shape index (κ3) is 5.46. The van der Waals surface area contributed by atoms with E-state index < -0.39 is 12.3 Å². The van der Waals surface area contributed by atoms with Crippen molar-refractivity contribution in [2.24, 2.45) is 0 Å². The van der Waals surface area contributed by atoms with Gasteiger partial charge in [0.2, 0.25) is 0 Å². The van der Waals surface area contributed by atoms with Gasteiger partial charge >= 0.3 is 6.03 Å². The van der Waals surface area contributed by atoms with Crippen LogP contribution in [0.5, 0.6) is 0 Å². The third-order valence-electron chi connectivity index (χ3n) is 4.86. The second kappa shape index (κ2) is 10.2. The minimum absolute atomic E-state index is 0.115. The van der Waals surface area contributed by atoms with Crippen LogP contribution in [0.2, 0.25) is 0 Å². The molecule has 1 heterocycles. The van der Waals surface area contributed by atoms with Crippen molar-refractivity contribution < 1.29 is 19.4 Å². The number of nitrogens with zero attached hydrogens (tertiary/aromatic N) is 1. The van der Waals surface area contributed by atoms with Gasteiger partial charge in [-0.05, 0) is 41.6 Å². The highest BCUT2D eigenvalue weighted by Gasteiger charge is 2.18. The summed E-state index contributed by atoms with van der Waals surface area (Å²) < 4.78 is 13.6. The highest BCUT2D eigenvalue weighted by atomic mass is 19.1. The number of rotatable bonds is 8. The predicted molar refractivity (Wildman–Crippen MR) is 118 cm³/mol. The van der Waals surface area contributed by atoms with Crippen LogP contribution in [0.15, 0.2) is 48.7 Å². The fourth-order valence-electron chi connectivity index (χ4n) is 3.28. The number of anilines is 1. The number of halogens is 1. The van der Waals surface area contributed by atoms with Crippen LogP contribution in [0.3, 0.4) is 0 Å². The lowest BCUT2D eigenvalue weighted by molar-refractivity contribution is 0.105. The van der Waals surface area contributed by atoms with Crippen LogP contribution in [0.1, 0.15) is 18.7 Å². The molecule has 0 radical (unpaired) electrons. The number of urea groups is 1. The van der Waals surface area contributed by atoms with Gasteiger partial charge in [-0.3, -0.25) is 5.32 Å². The van der Waals surface area contributed by atoms with E-state index in [1.807, 2.05) is 6.07 Å². The minimum Gasteiger partial charge on any atom is -0.395 e. The quantitative estimate of drug-likeness (QED) is 0.304. The number of carbonyl (C=O) groups excluding carboxylic acids is 1. The number of nitrogens with two attached hydrogens (primary N) is 1. The maximum absolute atomic E-state index is 13.6. The Bertz CT molecular complexity index is 1060. The number of amides is 2. The monoisotopic (exact) mass is 427 g/mol. The fourth-order valence-corrected chi connectivity index (χ4v) is 3.28. The van der Waals surface area contributed by atoms with Crippen LogP contribution in [-0.2, 0) is 0 Å². The van der Waals surface area contributed by atoms with E-state index in [-0.39, 0.29) is 30.8 Å². The highest BCUT2D eigenvalue weighted by Crippen LogP contribution is 2.31. The molecule has 0 aliphatic heterocycles. The molecule has 2 amide bonds. The van der Waals surface area contributed by atoms with Gasteiger partial charge in [0.1, 0.15) is 17.9 Å². The average Bonchev–Trinajstić information content (AvgIpc) is 2.76. The molecule has 2 atom stereocenters. The smallest absolute Gasteiger partial charge is 0.314 e. The Balaban J connectivity index is 1.84. The number of aromatic nitrogens is 1. The number of fused-ring (bicyclic) bond motifs is 1. The van der Waals surface area contributed by atoms with Crippen molar-refractivity contribution >= 4 is 22.6 Å². The Morgan fingerprint density at radius 3 is 2.65 bits per heavy atom. The molecule has 0 spiro atoms. The standard InChI is InChI=1S/C22H26FN5O3/c1-2-25-22(31)27-10-16(12-29)28-21(30)19-11-26-20(24)18-9-14(6-7-17(18)19)13-4-3-5-15(23)8-13/h3-9,11,16,21,28-30H,2,10,12H2,1H3,(H2,24,26)(H2,25,27,31). The van der Waals surface area contributed by atoms with Crippen molar-refractivity contribution in [3.05, 3.63) is 60.0 Å².